The van der Waals surface area contributed by atoms with Crippen molar-refractivity contribution in [3.8, 4) is 5.75 Å². The molecule has 3 aromatic rings. The Balaban J connectivity index is 1.46. The van der Waals surface area contributed by atoms with Gasteiger partial charge in [-0.25, -0.2) is 4.98 Å². The third-order valence-corrected chi connectivity index (χ3v) is 5.08. The van der Waals surface area contributed by atoms with Crippen LogP contribution in [0.4, 0.5) is 0 Å². The molecule has 146 valence electrons. The number of carbonyl (C=O) groups is 1. The summed E-state index contributed by atoms with van der Waals surface area (Å²) >= 11 is 0. The van der Waals surface area contributed by atoms with Crippen molar-refractivity contribution in [2.75, 3.05) is 19.6 Å². The molecular weight excluding hydrogens is 352 g/mol. The summed E-state index contributed by atoms with van der Waals surface area (Å²) in [6, 6.07) is 13.6. The summed E-state index contributed by atoms with van der Waals surface area (Å²) < 4.78 is 7.89. The third kappa shape index (κ3) is 4.02. The first-order valence-corrected chi connectivity index (χ1v) is 9.92. The van der Waals surface area contributed by atoms with E-state index in [9.17, 15) is 4.79 Å². The quantitative estimate of drug-likeness (QED) is 0.686. The van der Waals surface area contributed by atoms with Crippen LogP contribution in [0.15, 0.2) is 54.9 Å². The largest absolute Gasteiger partial charge is 0.487 e. The summed E-state index contributed by atoms with van der Waals surface area (Å²) in [7, 11) is 0. The molecule has 0 spiro atoms. The van der Waals surface area contributed by atoms with Gasteiger partial charge in [-0.15, -0.1) is 0 Å². The number of imidazole rings is 1. The van der Waals surface area contributed by atoms with Crippen LogP contribution in [-0.4, -0.2) is 45.9 Å². The Morgan fingerprint density at radius 2 is 2.25 bits per heavy atom. The zero-order valence-electron chi connectivity index (χ0n) is 16.2. The van der Waals surface area contributed by atoms with Gasteiger partial charge < -0.3 is 19.4 Å². The maximum absolute atomic E-state index is 13.1. The number of carbonyl (C=O) groups excluding carboxylic acids is 1. The Bertz CT molecular complexity index is 913. The summed E-state index contributed by atoms with van der Waals surface area (Å²) in [6.45, 7) is 5.09. The number of pyridine rings is 1. The smallest absolute Gasteiger partial charge is 0.254 e. The van der Waals surface area contributed by atoms with Crippen molar-refractivity contribution in [2.45, 2.75) is 32.4 Å². The third-order valence-electron chi connectivity index (χ3n) is 5.08. The molecule has 1 saturated heterocycles. The van der Waals surface area contributed by atoms with E-state index in [1.807, 2.05) is 64.2 Å². The minimum Gasteiger partial charge on any atom is -0.487 e. The van der Waals surface area contributed by atoms with Gasteiger partial charge in [-0.2, -0.15) is 0 Å². The molecule has 4 rings (SSSR count). The van der Waals surface area contributed by atoms with Gasteiger partial charge in [-0.05, 0) is 49.7 Å². The van der Waals surface area contributed by atoms with Crippen LogP contribution in [0.5, 0.6) is 5.75 Å². The Hall–Kier alpha value is -2.86. The molecule has 2 aromatic heterocycles. The zero-order chi connectivity index (χ0) is 19.3. The van der Waals surface area contributed by atoms with Crippen LogP contribution in [0.3, 0.4) is 0 Å². The van der Waals surface area contributed by atoms with Crippen LogP contribution in [0.1, 0.15) is 35.8 Å². The van der Waals surface area contributed by atoms with Crippen molar-refractivity contribution >= 4 is 11.6 Å². The van der Waals surface area contributed by atoms with Crippen LogP contribution >= 0.6 is 0 Å². The molecule has 1 fully saturated rings. The van der Waals surface area contributed by atoms with Crippen LogP contribution < -0.4 is 10.1 Å². The lowest BCUT2D eigenvalue weighted by atomic mass is 10.1. The van der Waals surface area contributed by atoms with E-state index < -0.39 is 0 Å². The molecule has 1 atom stereocenters. The van der Waals surface area contributed by atoms with Gasteiger partial charge in [-0.3, -0.25) is 4.79 Å². The molecule has 1 aromatic carbocycles. The topological polar surface area (TPSA) is 58.9 Å². The highest BCUT2D eigenvalue weighted by molar-refractivity contribution is 5.94. The Labute approximate surface area is 165 Å². The van der Waals surface area contributed by atoms with Gasteiger partial charge in [0.1, 0.15) is 18.0 Å². The fourth-order valence-corrected chi connectivity index (χ4v) is 3.70. The van der Waals surface area contributed by atoms with Gasteiger partial charge in [0.15, 0.2) is 0 Å². The van der Waals surface area contributed by atoms with E-state index in [1.54, 1.807) is 0 Å². The van der Waals surface area contributed by atoms with Gasteiger partial charge in [0, 0.05) is 37.1 Å². The maximum atomic E-state index is 13.1. The lowest BCUT2D eigenvalue weighted by molar-refractivity contribution is 0.0691. The molecule has 0 radical (unpaired) electrons. The zero-order valence-corrected chi connectivity index (χ0v) is 16.2. The van der Waals surface area contributed by atoms with E-state index in [0.29, 0.717) is 17.9 Å². The van der Waals surface area contributed by atoms with Gasteiger partial charge in [0.2, 0.25) is 0 Å². The molecule has 6 nitrogen and oxygen atoms in total. The lowest BCUT2D eigenvalue weighted by Crippen LogP contribution is -2.42. The molecule has 0 bridgehead atoms. The van der Waals surface area contributed by atoms with Gasteiger partial charge >= 0.3 is 0 Å². The molecular formula is C22H26N4O2. The number of nitrogens with zero attached hydrogens (tertiary/aromatic N) is 3. The second-order valence-electron chi connectivity index (χ2n) is 7.16. The Morgan fingerprint density at radius 3 is 3.04 bits per heavy atom. The number of nitrogens with one attached hydrogen (secondary N) is 1. The van der Waals surface area contributed by atoms with E-state index in [1.165, 1.54) is 0 Å². The molecule has 1 N–H and O–H groups in total. The second-order valence-corrected chi connectivity index (χ2v) is 7.16. The highest BCUT2D eigenvalue weighted by Crippen LogP contribution is 2.19. The molecule has 1 unspecified atom stereocenters. The highest BCUT2D eigenvalue weighted by Gasteiger charge is 2.26. The maximum Gasteiger partial charge on any atom is 0.254 e. The lowest BCUT2D eigenvalue weighted by Gasteiger charge is -2.28. The standard InChI is InChI=1S/C22H26N4O2/c1-2-11-26(19-9-10-23-14-19)22(27)17-6-5-7-20(13-17)28-16-18-15-25-12-4-3-8-21(25)24-18/h3-8,12-13,15,19,23H,2,9-11,14,16H2,1H3. The average Bonchev–Trinajstić information content (AvgIpc) is 3.39. The monoisotopic (exact) mass is 378 g/mol. The number of amides is 1. The van der Waals surface area contributed by atoms with Crippen LogP contribution in [0.25, 0.3) is 5.65 Å². The van der Waals surface area contributed by atoms with Crippen molar-refractivity contribution in [3.05, 3.63) is 66.1 Å². The summed E-state index contributed by atoms with van der Waals surface area (Å²) in [5.74, 6) is 0.762. The molecule has 1 aliphatic heterocycles. The Kier molecular flexibility index (Phi) is 5.58. The minimum atomic E-state index is 0.0775. The van der Waals surface area contributed by atoms with E-state index in [2.05, 4.69) is 17.2 Å². The normalized spacial score (nSPS) is 16.4. The van der Waals surface area contributed by atoms with E-state index >= 15 is 0 Å². The van der Waals surface area contributed by atoms with E-state index in [-0.39, 0.29) is 11.9 Å². The second kappa shape index (κ2) is 8.44. The van der Waals surface area contributed by atoms with E-state index in [0.717, 1.165) is 43.8 Å². The molecule has 28 heavy (non-hydrogen) atoms. The van der Waals surface area contributed by atoms with Crippen molar-refractivity contribution in [2.24, 2.45) is 0 Å². The minimum absolute atomic E-state index is 0.0775. The van der Waals surface area contributed by atoms with Crippen LogP contribution in [-0.2, 0) is 6.61 Å². The van der Waals surface area contributed by atoms with Crippen LogP contribution in [0.2, 0.25) is 0 Å². The SMILES string of the molecule is CCCN(C(=O)c1cccc(OCc2cn3ccccc3n2)c1)C1CCNC1. The van der Waals surface area contributed by atoms with Crippen molar-refractivity contribution in [1.82, 2.24) is 19.6 Å². The summed E-state index contributed by atoms with van der Waals surface area (Å²) in [4.78, 5) is 19.6. The first kappa shape index (κ1) is 18.5. The average molecular weight is 378 g/mol. The highest BCUT2D eigenvalue weighted by atomic mass is 16.5. The summed E-state index contributed by atoms with van der Waals surface area (Å²) in [5.41, 5.74) is 2.42. The van der Waals surface area contributed by atoms with Gasteiger partial charge in [0.25, 0.3) is 5.91 Å². The number of hydrogen-bond donors (Lipinski definition) is 1. The molecule has 1 amide bonds. The number of hydrogen-bond acceptors (Lipinski definition) is 4. The number of rotatable bonds is 7. The van der Waals surface area contributed by atoms with Crippen LogP contribution in [0, 0.1) is 0 Å². The van der Waals surface area contributed by atoms with Gasteiger partial charge in [-0.1, -0.05) is 19.1 Å². The number of aromatic nitrogens is 2. The first-order valence-electron chi connectivity index (χ1n) is 9.92. The van der Waals surface area contributed by atoms with E-state index in [4.69, 9.17) is 4.74 Å². The van der Waals surface area contributed by atoms with Crippen molar-refractivity contribution < 1.29 is 9.53 Å². The number of fused-ring (bicyclic) bond motifs is 1. The molecule has 6 heteroatoms. The Morgan fingerprint density at radius 1 is 1.32 bits per heavy atom. The molecule has 1 aliphatic rings. The number of benzene rings is 1. The van der Waals surface area contributed by atoms with Crippen molar-refractivity contribution in [1.29, 1.82) is 0 Å². The summed E-state index contributed by atoms with van der Waals surface area (Å²) in [5, 5.41) is 3.35. The van der Waals surface area contributed by atoms with Gasteiger partial charge in [0.05, 0.1) is 5.69 Å². The van der Waals surface area contributed by atoms with Crippen molar-refractivity contribution in [3.63, 3.8) is 0 Å². The molecule has 0 saturated carbocycles. The fraction of sp³-hybridized carbons (Fsp3) is 0.364. The fourth-order valence-electron chi connectivity index (χ4n) is 3.70. The predicted octanol–water partition coefficient (Wildman–Crippen LogP) is 3.13. The summed E-state index contributed by atoms with van der Waals surface area (Å²) in [6.07, 6.45) is 5.88. The predicted molar refractivity (Wildman–Crippen MR) is 109 cm³/mol. The molecule has 0 aliphatic carbocycles. The first-order chi connectivity index (χ1) is 13.7. The molecule has 3 heterocycles. The number of ether oxygens (including phenoxy) is 1.